The zero-order chi connectivity index (χ0) is 13.1. The van der Waals surface area contributed by atoms with Crippen molar-refractivity contribution in [1.29, 1.82) is 0 Å². The summed E-state index contributed by atoms with van der Waals surface area (Å²) in [6.45, 7) is 4.64. The SMILES string of the molecule is CC1CCC(Nc2ncncc2C(N)=S)CC1C. The van der Waals surface area contributed by atoms with Crippen molar-refractivity contribution in [3.63, 3.8) is 0 Å². The van der Waals surface area contributed by atoms with Crippen LogP contribution in [0.5, 0.6) is 0 Å². The Labute approximate surface area is 113 Å². The summed E-state index contributed by atoms with van der Waals surface area (Å²) < 4.78 is 0. The molecule has 0 spiro atoms. The van der Waals surface area contributed by atoms with Crippen LogP contribution < -0.4 is 11.1 Å². The van der Waals surface area contributed by atoms with Crippen LogP contribution in [-0.2, 0) is 0 Å². The number of rotatable bonds is 3. The van der Waals surface area contributed by atoms with Gasteiger partial charge in [-0.1, -0.05) is 26.1 Å². The normalized spacial score (nSPS) is 27.8. The molecule has 2 rings (SSSR count). The van der Waals surface area contributed by atoms with E-state index >= 15 is 0 Å². The molecule has 0 aliphatic heterocycles. The van der Waals surface area contributed by atoms with Gasteiger partial charge >= 0.3 is 0 Å². The first-order chi connectivity index (χ1) is 8.58. The Kier molecular flexibility index (Phi) is 4.11. The summed E-state index contributed by atoms with van der Waals surface area (Å²) in [5.74, 6) is 2.32. The van der Waals surface area contributed by atoms with E-state index in [2.05, 4.69) is 29.1 Å². The number of anilines is 1. The Bertz CT molecular complexity index is 435. The molecule has 1 heterocycles. The highest BCUT2D eigenvalue weighted by Gasteiger charge is 2.25. The number of hydrogen-bond acceptors (Lipinski definition) is 4. The van der Waals surface area contributed by atoms with E-state index in [1.807, 2.05) is 0 Å². The number of nitrogens with zero attached hydrogens (tertiary/aromatic N) is 2. The zero-order valence-electron chi connectivity index (χ0n) is 10.9. The molecule has 3 N–H and O–H groups in total. The predicted molar refractivity (Wildman–Crippen MR) is 77.5 cm³/mol. The van der Waals surface area contributed by atoms with Gasteiger partial charge in [0.15, 0.2) is 0 Å². The van der Waals surface area contributed by atoms with Gasteiger partial charge < -0.3 is 11.1 Å². The average Bonchev–Trinajstić information content (AvgIpc) is 2.34. The lowest BCUT2D eigenvalue weighted by molar-refractivity contribution is 0.260. The van der Waals surface area contributed by atoms with Crippen LogP contribution in [0.4, 0.5) is 5.82 Å². The highest BCUT2D eigenvalue weighted by molar-refractivity contribution is 7.80. The van der Waals surface area contributed by atoms with Gasteiger partial charge in [0.25, 0.3) is 0 Å². The highest BCUT2D eigenvalue weighted by Crippen LogP contribution is 2.31. The van der Waals surface area contributed by atoms with Crippen LogP contribution in [-0.4, -0.2) is 21.0 Å². The average molecular weight is 264 g/mol. The summed E-state index contributed by atoms with van der Waals surface area (Å²) in [5.41, 5.74) is 6.42. The molecule has 1 aliphatic rings. The Morgan fingerprint density at radius 2 is 2.17 bits per heavy atom. The molecule has 0 radical (unpaired) electrons. The minimum atomic E-state index is 0.343. The summed E-state index contributed by atoms with van der Waals surface area (Å²) in [7, 11) is 0. The van der Waals surface area contributed by atoms with Crippen LogP contribution in [0.25, 0.3) is 0 Å². The first-order valence-corrected chi connectivity index (χ1v) is 6.85. The van der Waals surface area contributed by atoms with Gasteiger partial charge in [0, 0.05) is 12.2 Å². The number of nitrogens with two attached hydrogens (primary N) is 1. The van der Waals surface area contributed by atoms with Crippen LogP contribution in [0.15, 0.2) is 12.5 Å². The molecule has 1 aromatic rings. The smallest absolute Gasteiger partial charge is 0.139 e. The molecule has 0 aromatic carbocycles. The minimum absolute atomic E-state index is 0.343. The van der Waals surface area contributed by atoms with Crippen LogP contribution in [0.3, 0.4) is 0 Å². The Morgan fingerprint density at radius 1 is 1.39 bits per heavy atom. The summed E-state index contributed by atoms with van der Waals surface area (Å²) in [5, 5.41) is 3.46. The van der Waals surface area contributed by atoms with Gasteiger partial charge in [0.05, 0.1) is 5.56 Å². The second-order valence-electron chi connectivity index (χ2n) is 5.26. The summed E-state index contributed by atoms with van der Waals surface area (Å²) in [6, 6.07) is 0.458. The van der Waals surface area contributed by atoms with E-state index in [1.54, 1.807) is 6.20 Å². The molecule has 0 bridgehead atoms. The van der Waals surface area contributed by atoms with Crippen molar-refractivity contribution in [3.8, 4) is 0 Å². The Morgan fingerprint density at radius 3 is 2.83 bits per heavy atom. The van der Waals surface area contributed by atoms with Crippen molar-refractivity contribution in [3.05, 3.63) is 18.1 Å². The highest BCUT2D eigenvalue weighted by atomic mass is 32.1. The van der Waals surface area contributed by atoms with E-state index in [0.29, 0.717) is 11.0 Å². The molecular weight excluding hydrogens is 244 g/mol. The molecule has 1 aliphatic carbocycles. The zero-order valence-corrected chi connectivity index (χ0v) is 11.7. The van der Waals surface area contributed by atoms with Gasteiger partial charge in [-0.15, -0.1) is 0 Å². The topological polar surface area (TPSA) is 63.8 Å². The first-order valence-electron chi connectivity index (χ1n) is 6.44. The van der Waals surface area contributed by atoms with Crippen molar-refractivity contribution < 1.29 is 0 Å². The van der Waals surface area contributed by atoms with Crippen molar-refractivity contribution in [1.82, 2.24) is 9.97 Å². The lowest BCUT2D eigenvalue weighted by atomic mass is 9.79. The second-order valence-corrected chi connectivity index (χ2v) is 5.70. The summed E-state index contributed by atoms with van der Waals surface area (Å²) >= 11 is 5.02. The van der Waals surface area contributed by atoms with Crippen LogP contribution >= 0.6 is 12.2 Å². The molecule has 98 valence electrons. The van der Waals surface area contributed by atoms with Crippen molar-refractivity contribution in [2.24, 2.45) is 17.6 Å². The number of hydrogen-bond donors (Lipinski definition) is 2. The molecule has 1 saturated carbocycles. The minimum Gasteiger partial charge on any atom is -0.389 e. The lowest BCUT2D eigenvalue weighted by Crippen LogP contribution is -2.31. The third-order valence-corrected chi connectivity index (χ3v) is 4.14. The van der Waals surface area contributed by atoms with Gasteiger partial charge in [-0.3, -0.25) is 0 Å². The maximum Gasteiger partial charge on any atom is 0.139 e. The summed E-state index contributed by atoms with van der Waals surface area (Å²) in [6.07, 6.45) is 6.80. The third-order valence-electron chi connectivity index (χ3n) is 3.92. The Balaban J connectivity index is 2.08. The van der Waals surface area contributed by atoms with E-state index in [9.17, 15) is 0 Å². The van der Waals surface area contributed by atoms with E-state index in [4.69, 9.17) is 18.0 Å². The molecule has 18 heavy (non-hydrogen) atoms. The number of aromatic nitrogens is 2. The quantitative estimate of drug-likeness (QED) is 0.820. The van der Waals surface area contributed by atoms with Gasteiger partial charge in [-0.25, -0.2) is 9.97 Å². The van der Waals surface area contributed by atoms with Gasteiger partial charge in [-0.05, 0) is 31.1 Å². The van der Waals surface area contributed by atoms with E-state index < -0.39 is 0 Å². The predicted octanol–water partition coefficient (Wildman–Crippen LogP) is 2.35. The molecule has 3 atom stereocenters. The number of nitrogens with one attached hydrogen (secondary N) is 1. The molecule has 3 unspecified atom stereocenters. The van der Waals surface area contributed by atoms with Crippen LogP contribution in [0.2, 0.25) is 0 Å². The van der Waals surface area contributed by atoms with Crippen LogP contribution in [0.1, 0.15) is 38.7 Å². The van der Waals surface area contributed by atoms with Crippen molar-refractivity contribution in [2.75, 3.05) is 5.32 Å². The molecule has 0 amide bonds. The standard InChI is InChI=1S/C13H20N4S/c1-8-3-4-10(5-9(8)2)17-13-11(12(14)18)6-15-7-16-13/h6-10H,3-5H2,1-2H3,(H2,14,18)(H,15,16,17). The van der Waals surface area contributed by atoms with Crippen molar-refractivity contribution >= 4 is 23.0 Å². The maximum atomic E-state index is 5.68. The Hall–Kier alpha value is -1.23. The summed E-state index contributed by atoms with van der Waals surface area (Å²) in [4.78, 5) is 8.56. The molecule has 5 heteroatoms. The van der Waals surface area contributed by atoms with E-state index in [1.165, 1.54) is 25.6 Å². The molecular formula is C13H20N4S. The fraction of sp³-hybridized carbons (Fsp3) is 0.615. The molecule has 0 saturated heterocycles. The van der Waals surface area contributed by atoms with Gasteiger partial charge in [0.1, 0.15) is 17.1 Å². The monoisotopic (exact) mass is 264 g/mol. The first kappa shape index (κ1) is 13.2. The fourth-order valence-corrected chi connectivity index (χ4v) is 2.65. The van der Waals surface area contributed by atoms with Gasteiger partial charge in [-0.2, -0.15) is 0 Å². The lowest BCUT2D eigenvalue weighted by Gasteiger charge is -2.33. The molecule has 1 fully saturated rings. The van der Waals surface area contributed by atoms with E-state index in [0.717, 1.165) is 23.2 Å². The van der Waals surface area contributed by atoms with Crippen molar-refractivity contribution in [2.45, 2.75) is 39.2 Å². The molecule has 1 aromatic heterocycles. The van der Waals surface area contributed by atoms with Gasteiger partial charge in [0.2, 0.25) is 0 Å². The molecule has 4 nitrogen and oxygen atoms in total. The third kappa shape index (κ3) is 2.96. The maximum absolute atomic E-state index is 5.68. The number of thiocarbonyl (C=S) groups is 1. The van der Waals surface area contributed by atoms with E-state index in [-0.39, 0.29) is 0 Å². The largest absolute Gasteiger partial charge is 0.389 e. The second kappa shape index (κ2) is 5.61. The fourth-order valence-electron chi connectivity index (χ4n) is 2.50. The van der Waals surface area contributed by atoms with Crippen LogP contribution in [0, 0.1) is 11.8 Å².